The molecule has 102 valence electrons. The van der Waals surface area contributed by atoms with E-state index in [4.69, 9.17) is 5.73 Å². The zero-order valence-electron chi connectivity index (χ0n) is 11.2. The molecule has 2 N–H and O–H groups in total. The summed E-state index contributed by atoms with van der Waals surface area (Å²) in [5.74, 6) is 0. The Labute approximate surface area is 130 Å². The number of aryl methyl sites for hydroxylation is 3. The number of rotatable bonds is 3. The van der Waals surface area contributed by atoms with Gasteiger partial charge in [-0.2, -0.15) is 5.10 Å². The maximum absolute atomic E-state index is 6.35. The molecule has 0 aliphatic carbocycles. The molecule has 0 saturated carbocycles. The van der Waals surface area contributed by atoms with Crippen LogP contribution in [0, 0.1) is 13.8 Å². The molecule has 2 rings (SSSR count). The number of benzene rings is 1. The fourth-order valence-corrected chi connectivity index (χ4v) is 3.25. The van der Waals surface area contributed by atoms with Crippen molar-refractivity contribution in [2.75, 3.05) is 0 Å². The quantitative estimate of drug-likeness (QED) is 0.871. The van der Waals surface area contributed by atoms with Crippen LogP contribution < -0.4 is 5.73 Å². The average molecular weight is 387 g/mol. The molecular weight excluding hydrogens is 370 g/mol. The first-order valence-corrected chi connectivity index (χ1v) is 7.68. The summed E-state index contributed by atoms with van der Waals surface area (Å²) in [4.78, 5) is 0. The van der Waals surface area contributed by atoms with Crippen LogP contribution in [-0.4, -0.2) is 9.78 Å². The van der Waals surface area contributed by atoms with Crippen molar-refractivity contribution in [3.8, 4) is 0 Å². The monoisotopic (exact) mass is 385 g/mol. The predicted octanol–water partition coefficient (Wildman–Crippen LogP) is 3.80. The molecule has 19 heavy (non-hydrogen) atoms. The highest BCUT2D eigenvalue weighted by Crippen LogP contribution is 2.27. The highest BCUT2D eigenvalue weighted by Gasteiger charge is 2.16. The van der Waals surface area contributed by atoms with Crippen molar-refractivity contribution in [1.82, 2.24) is 9.78 Å². The van der Waals surface area contributed by atoms with E-state index in [9.17, 15) is 0 Å². The van der Waals surface area contributed by atoms with E-state index in [0.29, 0.717) is 0 Å². The SMILES string of the molecule is Cc1cc(Br)ccc1C(N)Cc1c(Br)c(C)nn1C. The van der Waals surface area contributed by atoms with Gasteiger partial charge in [-0.1, -0.05) is 22.0 Å². The Kier molecular flexibility index (Phi) is 4.48. The van der Waals surface area contributed by atoms with Gasteiger partial charge in [0, 0.05) is 24.0 Å². The van der Waals surface area contributed by atoms with Gasteiger partial charge in [-0.3, -0.25) is 4.68 Å². The van der Waals surface area contributed by atoms with Gasteiger partial charge in [-0.25, -0.2) is 0 Å². The van der Waals surface area contributed by atoms with Gasteiger partial charge in [-0.05, 0) is 53.0 Å². The fourth-order valence-electron chi connectivity index (χ4n) is 2.28. The van der Waals surface area contributed by atoms with Crippen LogP contribution in [0.3, 0.4) is 0 Å². The van der Waals surface area contributed by atoms with E-state index in [1.807, 2.05) is 24.7 Å². The minimum atomic E-state index is -0.0285. The second-order valence-corrected chi connectivity index (χ2v) is 6.49. The molecule has 1 heterocycles. The molecule has 1 aromatic heterocycles. The fraction of sp³-hybridized carbons (Fsp3) is 0.357. The van der Waals surface area contributed by atoms with E-state index in [1.165, 1.54) is 11.1 Å². The van der Waals surface area contributed by atoms with E-state index >= 15 is 0 Å². The predicted molar refractivity (Wildman–Crippen MR) is 85.2 cm³/mol. The summed E-state index contributed by atoms with van der Waals surface area (Å²) in [5.41, 5.74) is 10.9. The molecule has 0 aliphatic heterocycles. The van der Waals surface area contributed by atoms with Gasteiger partial charge in [0.25, 0.3) is 0 Å². The maximum atomic E-state index is 6.35. The Balaban J connectivity index is 2.28. The van der Waals surface area contributed by atoms with E-state index < -0.39 is 0 Å². The van der Waals surface area contributed by atoms with Crippen LogP contribution in [0.15, 0.2) is 27.1 Å². The number of halogens is 2. The van der Waals surface area contributed by atoms with Crippen LogP contribution in [0.1, 0.15) is 28.6 Å². The third-order valence-electron chi connectivity index (χ3n) is 3.31. The van der Waals surface area contributed by atoms with Crippen LogP contribution in [0.4, 0.5) is 0 Å². The molecule has 0 bridgehead atoms. The zero-order valence-corrected chi connectivity index (χ0v) is 14.4. The molecule has 5 heteroatoms. The lowest BCUT2D eigenvalue weighted by molar-refractivity contribution is 0.636. The molecule has 0 saturated heterocycles. The van der Waals surface area contributed by atoms with E-state index in [1.54, 1.807) is 0 Å². The van der Waals surface area contributed by atoms with Gasteiger partial charge in [0.1, 0.15) is 0 Å². The van der Waals surface area contributed by atoms with Crippen molar-refractivity contribution in [3.05, 3.63) is 49.7 Å². The molecule has 3 nitrogen and oxygen atoms in total. The van der Waals surface area contributed by atoms with Crippen molar-refractivity contribution in [2.45, 2.75) is 26.3 Å². The van der Waals surface area contributed by atoms with Crippen LogP contribution in [0.25, 0.3) is 0 Å². The molecular formula is C14H17Br2N3. The highest BCUT2D eigenvalue weighted by molar-refractivity contribution is 9.10. The lowest BCUT2D eigenvalue weighted by Crippen LogP contribution is -2.16. The average Bonchev–Trinajstić information content (AvgIpc) is 2.56. The Morgan fingerprint density at radius 3 is 2.53 bits per heavy atom. The largest absolute Gasteiger partial charge is 0.324 e. The summed E-state index contributed by atoms with van der Waals surface area (Å²) in [6, 6.07) is 6.19. The van der Waals surface area contributed by atoms with Gasteiger partial charge in [0.2, 0.25) is 0 Å². The van der Waals surface area contributed by atoms with Crippen LogP contribution in [0.2, 0.25) is 0 Å². The molecule has 1 aromatic carbocycles. The minimum absolute atomic E-state index is 0.0285. The lowest BCUT2D eigenvalue weighted by Gasteiger charge is -2.15. The summed E-state index contributed by atoms with van der Waals surface area (Å²) in [7, 11) is 1.95. The van der Waals surface area contributed by atoms with Crippen molar-refractivity contribution in [1.29, 1.82) is 0 Å². The first-order valence-electron chi connectivity index (χ1n) is 6.09. The Bertz CT molecular complexity index is 605. The molecule has 2 aromatic rings. The van der Waals surface area contributed by atoms with Crippen LogP contribution >= 0.6 is 31.9 Å². The standard InChI is InChI=1S/C14H17Br2N3/c1-8-6-10(15)4-5-11(8)12(17)7-13-14(16)9(2)18-19(13)3/h4-6,12H,7,17H2,1-3H3. The molecule has 1 atom stereocenters. The van der Waals surface area contributed by atoms with E-state index in [-0.39, 0.29) is 6.04 Å². The zero-order chi connectivity index (χ0) is 14.2. The molecule has 0 aliphatic rings. The van der Waals surface area contributed by atoms with Gasteiger partial charge in [0.05, 0.1) is 15.9 Å². The van der Waals surface area contributed by atoms with E-state index in [0.717, 1.165) is 26.8 Å². The van der Waals surface area contributed by atoms with Crippen molar-refractivity contribution in [2.24, 2.45) is 12.8 Å². The second-order valence-electron chi connectivity index (χ2n) is 4.78. The summed E-state index contributed by atoms with van der Waals surface area (Å²) in [5, 5.41) is 4.40. The summed E-state index contributed by atoms with van der Waals surface area (Å²) < 4.78 is 4.03. The summed E-state index contributed by atoms with van der Waals surface area (Å²) in [6.07, 6.45) is 0.764. The van der Waals surface area contributed by atoms with Gasteiger partial charge < -0.3 is 5.73 Å². The van der Waals surface area contributed by atoms with Crippen molar-refractivity contribution < 1.29 is 0 Å². The van der Waals surface area contributed by atoms with Gasteiger partial charge >= 0.3 is 0 Å². The normalized spacial score (nSPS) is 12.7. The highest BCUT2D eigenvalue weighted by atomic mass is 79.9. The van der Waals surface area contributed by atoms with Gasteiger partial charge in [-0.15, -0.1) is 0 Å². The Morgan fingerprint density at radius 1 is 1.32 bits per heavy atom. The Morgan fingerprint density at radius 2 is 2.00 bits per heavy atom. The van der Waals surface area contributed by atoms with Crippen LogP contribution in [0.5, 0.6) is 0 Å². The molecule has 0 amide bonds. The van der Waals surface area contributed by atoms with Gasteiger partial charge in [0.15, 0.2) is 0 Å². The number of hydrogen-bond acceptors (Lipinski definition) is 2. The summed E-state index contributed by atoms with van der Waals surface area (Å²) >= 11 is 7.06. The molecule has 0 spiro atoms. The first kappa shape index (κ1) is 14.8. The summed E-state index contributed by atoms with van der Waals surface area (Å²) in [6.45, 7) is 4.08. The topological polar surface area (TPSA) is 43.8 Å². The third-order valence-corrected chi connectivity index (χ3v) is 4.83. The third kappa shape index (κ3) is 3.09. The maximum Gasteiger partial charge on any atom is 0.0738 e. The van der Waals surface area contributed by atoms with Crippen LogP contribution in [-0.2, 0) is 13.5 Å². The number of hydrogen-bond donors (Lipinski definition) is 1. The molecule has 0 fully saturated rings. The second kappa shape index (κ2) is 5.77. The minimum Gasteiger partial charge on any atom is -0.324 e. The molecule has 0 radical (unpaired) electrons. The van der Waals surface area contributed by atoms with Crippen molar-refractivity contribution >= 4 is 31.9 Å². The smallest absolute Gasteiger partial charge is 0.0738 e. The number of nitrogens with zero attached hydrogens (tertiary/aromatic N) is 2. The number of nitrogens with two attached hydrogens (primary N) is 1. The lowest BCUT2D eigenvalue weighted by atomic mass is 9.98. The molecule has 1 unspecified atom stereocenters. The number of aromatic nitrogens is 2. The van der Waals surface area contributed by atoms with E-state index in [2.05, 4.69) is 56.0 Å². The first-order chi connectivity index (χ1) is 8.90. The van der Waals surface area contributed by atoms with Crippen molar-refractivity contribution in [3.63, 3.8) is 0 Å². The Hall–Kier alpha value is -0.650.